The smallest absolute Gasteiger partial charge is 0.417 e. The van der Waals surface area contributed by atoms with E-state index in [0.717, 1.165) is 16.4 Å². The van der Waals surface area contributed by atoms with Gasteiger partial charge in [-0.05, 0) is 18.2 Å². The number of ether oxygens (including phenoxy) is 1. The van der Waals surface area contributed by atoms with Gasteiger partial charge in [-0.15, -0.1) is 0 Å². The monoisotopic (exact) mass is 436 g/mol. The van der Waals surface area contributed by atoms with Gasteiger partial charge in [-0.25, -0.2) is 13.4 Å². The van der Waals surface area contributed by atoms with Crippen LogP contribution in [-0.4, -0.2) is 56.0 Å². The standard InChI is InChI=1S/C16H16ClF3N4O3S/c1-27-14-4-5-21-15(22-14)23-6-8-24(9-7-23)28(25,26)11-2-3-13(17)12(10-11)16(18,19)20/h2-5,10H,6-9H2,1H3. The predicted octanol–water partition coefficient (Wildman–Crippen LogP) is 2.67. The first kappa shape index (κ1) is 20.6. The van der Waals surface area contributed by atoms with Crippen LogP contribution in [0.5, 0.6) is 5.88 Å². The van der Waals surface area contributed by atoms with Crippen molar-refractivity contribution in [1.82, 2.24) is 14.3 Å². The van der Waals surface area contributed by atoms with Crippen LogP contribution in [0.4, 0.5) is 19.1 Å². The Balaban J connectivity index is 1.78. The summed E-state index contributed by atoms with van der Waals surface area (Å²) in [4.78, 5) is 9.65. The average Bonchev–Trinajstić information content (AvgIpc) is 2.67. The van der Waals surface area contributed by atoms with Gasteiger partial charge in [-0.3, -0.25) is 0 Å². The van der Waals surface area contributed by atoms with E-state index in [2.05, 4.69) is 9.97 Å². The summed E-state index contributed by atoms with van der Waals surface area (Å²) in [5.74, 6) is 0.767. The zero-order chi connectivity index (χ0) is 20.5. The summed E-state index contributed by atoms with van der Waals surface area (Å²) >= 11 is 5.57. The molecule has 1 aromatic carbocycles. The van der Waals surface area contributed by atoms with Crippen molar-refractivity contribution < 1.29 is 26.3 Å². The lowest BCUT2D eigenvalue weighted by Crippen LogP contribution is -2.49. The predicted molar refractivity (Wildman–Crippen MR) is 96.0 cm³/mol. The molecule has 0 saturated carbocycles. The molecular weight excluding hydrogens is 421 g/mol. The van der Waals surface area contributed by atoms with E-state index in [0.29, 0.717) is 17.9 Å². The van der Waals surface area contributed by atoms with Crippen molar-refractivity contribution in [3.8, 4) is 5.88 Å². The van der Waals surface area contributed by atoms with Gasteiger partial charge in [0.05, 0.1) is 22.6 Å². The third-order valence-corrected chi connectivity index (χ3v) is 6.45. The summed E-state index contributed by atoms with van der Waals surface area (Å²) < 4.78 is 70.8. The van der Waals surface area contributed by atoms with Gasteiger partial charge >= 0.3 is 6.18 Å². The highest BCUT2D eigenvalue weighted by molar-refractivity contribution is 7.89. The largest absolute Gasteiger partial charge is 0.481 e. The maximum absolute atomic E-state index is 13.0. The van der Waals surface area contributed by atoms with Gasteiger partial charge in [0.15, 0.2) is 0 Å². The van der Waals surface area contributed by atoms with Crippen LogP contribution in [0, 0.1) is 0 Å². The molecule has 0 amide bonds. The molecule has 2 heterocycles. The van der Waals surface area contributed by atoms with Crippen LogP contribution in [0.15, 0.2) is 35.4 Å². The molecule has 1 aromatic heterocycles. The molecule has 1 aliphatic heterocycles. The number of benzene rings is 1. The molecule has 1 saturated heterocycles. The van der Waals surface area contributed by atoms with Gasteiger partial charge in [0.25, 0.3) is 0 Å². The molecule has 2 aromatic rings. The van der Waals surface area contributed by atoms with Crippen molar-refractivity contribution in [1.29, 1.82) is 0 Å². The molecule has 0 N–H and O–H groups in total. The Bertz CT molecular complexity index is 964. The number of nitrogens with zero attached hydrogens (tertiary/aromatic N) is 4. The van der Waals surface area contributed by atoms with Gasteiger partial charge in [0.1, 0.15) is 0 Å². The van der Waals surface area contributed by atoms with E-state index in [1.807, 2.05) is 0 Å². The van der Waals surface area contributed by atoms with E-state index in [1.165, 1.54) is 13.3 Å². The average molecular weight is 437 g/mol. The third-order valence-electron chi connectivity index (χ3n) is 4.23. The van der Waals surface area contributed by atoms with E-state index >= 15 is 0 Å². The van der Waals surface area contributed by atoms with Gasteiger partial charge in [0, 0.05) is 38.4 Å². The fourth-order valence-electron chi connectivity index (χ4n) is 2.76. The van der Waals surface area contributed by atoms with E-state index < -0.39 is 31.7 Å². The fourth-order valence-corrected chi connectivity index (χ4v) is 4.43. The highest BCUT2D eigenvalue weighted by Crippen LogP contribution is 2.36. The lowest BCUT2D eigenvalue weighted by atomic mass is 10.2. The normalized spacial score (nSPS) is 16.2. The number of hydrogen-bond donors (Lipinski definition) is 0. The Hall–Kier alpha value is -2.11. The minimum absolute atomic E-state index is 0.0763. The molecule has 0 spiro atoms. The summed E-state index contributed by atoms with van der Waals surface area (Å²) in [5.41, 5.74) is -1.18. The molecule has 3 rings (SSSR count). The van der Waals surface area contributed by atoms with Gasteiger partial charge in [-0.1, -0.05) is 11.6 Å². The molecular formula is C16H16ClF3N4O3S. The SMILES string of the molecule is COc1ccnc(N2CCN(S(=O)(=O)c3ccc(Cl)c(C(F)(F)F)c3)CC2)n1. The molecule has 1 aliphatic rings. The first-order valence-electron chi connectivity index (χ1n) is 8.12. The van der Waals surface area contributed by atoms with E-state index in [1.54, 1.807) is 11.0 Å². The molecule has 1 fully saturated rings. The molecule has 7 nitrogen and oxygen atoms in total. The molecule has 0 aliphatic carbocycles. The van der Waals surface area contributed by atoms with Gasteiger partial charge < -0.3 is 9.64 Å². The van der Waals surface area contributed by atoms with Gasteiger partial charge in [-0.2, -0.15) is 22.5 Å². The molecule has 28 heavy (non-hydrogen) atoms. The number of sulfonamides is 1. The van der Waals surface area contributed by atoms with Crippen LogP contribution in [-0.2, 0) is 16.2 Å². The number of methoxy groups -OCH3 is 1. The highest BCUT2D eigenvalue weighted by Gasteiger charge is 2.36. The van der Waals surface area contributed by atoms with E-state index in [9.17, 15) is 21.6 Å². The van der Waals surface area contributed by atoms with Crippen molar-refractivity contribution >= 4 is 27.6 Å². The van der Waals surface area contributed by atoms with Gasteiger partial charge in [0.2, 0.25) is 21.9 Å². The maximum Gasteiger partial charge on any atom is 0.417 e. The number of piperazine rings is 1. The zero-order valence-corrected chi connectivity index (χ0v) is 16.2. The summed E-state index contributed by atoms with van der Waals surface area (Å²) in [6.07, 6.45) is -3.22. The number of hydrogen-bond acceptors (Lipinski definition) is 6. The molecule has 0 radical (unpaired) electrons. The number of alkyl halides is 3. The second-order valence-electron chi connectivity index (χ2n) is 5.93. The van der Waals surface area contributed by atoms with Crippen molar-refractivity contribution in [2.45, 2.75) is 11.1 Å². The second kappa shape index (κ2) is 7.72. The summed E-state index contributed by atoms with van der Waals surface area (Å²) in [6, 6.07) is 4.17. The Morgan fingerprint density at radius 2 is 1.82 bits per heavy atom. The second-order valence-corrected chi connectivity index (χ2v) is 8.27. The number of rotatable bonds is 4. The van der Waals surface area contributed by atoms with Crippen LogP contribution in [0.2, 0.25) is 5.02 Å². The van der Waals surface area contributed by atoms with E-state index in [4.69, 9.17) is 16.3 Å². The number of anilines is 1. The van der Waals surface area contributed by atoms with Crippen molar-refractivity contribution in [2.24, 2.45) is 0 Å². The Morgan fingerprint density at radius 1 is 1.14 bits per heavy atom. The first-order valence-corrected chi connectivity index (χ1v) is 9.93. The lowest BCUT2D eigenvalue weighted by Gasteiger charge is -2.34. The Labute approximate surface area is 164 Å². The van der Waals surface area contributed by atoms with Crippen molar-refractivity contribution in [2.75, 3.05) is 38.2 Å². The van der Waals surface area contributed by atoms with Crippen molar-refractivity contribution in [3.63, 3.8) is 0 Å². The highest BCUT2D eigenvalue weighted by atomic mass is 35.5. The van der Waals surface area contributed by atoms with Crippen LogP contribution in [0.25, 0.3) is 0 Å². The minimum atomic E-state index is -4.75. The first-order chi connectivity index (χ1) is 13.1. The summed E-state index contributed by atoms with van der Waals surface area (Å²) in [6.45, 7) is 0.720. The molecule has 0 atom stereocenters. The lowest BCUT2D eigenvalue weighted by molar-refractivity contribution is -0.137. The Morgan fingerprint density at radius 3 is 2.43 bits per heavy atom. The zero-order valence-electron chi connectivity index (χ0n) is 14.6. The van der Waals surface area contributed by atoms with Crippen LogP contribution in [0.1, 0.15) is 5.56 Å². The minimum Gasteiger partial charge on any atom is -0.481 e. The van der Waals surface area contributed by atoms with Crippen LogP contribution < -0.4 is 9.64 Å². The van der Waals surface area contributed by atoms with E-state index in [-0.39, 0.29) is 26.2 Å². The number of aromatic nitrogens is 2. The number of halogens is 4. The molecule has 0 bridgehead atoms. The summed E-state index contributed by atoms with van der Waals surface area (Å²) in [5, 5.41) is -0.550. The molecule has 152 valence electrons. The third kappa shape index (κ3) is 4.15. The topological polar surface area (TPSA) is 75.6 Å². The Kier molecular flexibility index (Phi) is 5.69. The maximum atomic E-state index is 13.0. The fraction of sp³-hybridized carbons (Fsp3) is 0.375. The molecule has 0 unspecified atom stereocenters. The molecule has 12 heteroatoms. The summed E-state index contributed by atoms with van der Waals surface area (Å²) in [7, 11) is -2.63. The van der Waals surface area contributed by atoms with Crippen molar-refractivity contribution in [3.05, 3.63) is 41.0 Å². The van der Waals surface area contributed by atoms with Crippen LogP contribution in [0.3, 0.4) is 0 Å². The van der Waals surface area contributed by atoms with Crippen LogP contribution >= 0.6 is 11.6 Å². The quantitative estimate of drug-likeness (QED) is 0.733.